The van der Waals surface area contributed by atoms with Crippen LogP contribution >= 0.6 is 31.9 Å². The van der Waals surface area contributed by atoms with Crippen molar-refractivity contribution in [1.82, 2.24) is 0 Å². The fourth-order valence-electron chi connectivity index (χ4n) is 2.37. The van der Waals surface area contributed by atoms with Gasteiger partial charge < -0.3 is 0 Å². The molecule has 0 radical (unpaired) electrons. The molecule has 3 rings (SSSR count). The Morgan fingerprint density at radius 3 is 2.14 bits per heavy atom. The van der Waals surface area contributed by atoms with Crippen LogP contribution in [0.5, 0.6) is 0 Å². The number of hydrogen-bond acceptors (Lipinski definition) is 4. The van der Waals surface area contributed by atoms with Crippen molar-refractivity contribution in [2.24, 2.45) is 0 Å². The topological polar surface area (TPSA) is 77.3 Å². The summed E-state index contributed by atoms with van der Waals surface area (Å²) in [6.45, 7) is 0. The molecule has 0 unspecified atom stereocenters. The van der Waals surface area contributed by atoms with Crippen molar-refractivity contribution in [2.45, 2.75) is 0 Å². The highest BCUT2D eigenvalue weighted by Gasteiger charge is 2.35. The summed E-state index contributed by atoms with van der Waals surface area (Å²) in [5, 5.41) is 11.3. The molecule has 5 nitrogen and oxygen atoms in total. The summed E-state index contributed by atoms with van der Waals surface area (Å²) in [7, 11) is 0. The third kappa shape index (κ3) is 2.13. The second kappa shape index (κ2) is 4.85. The van der Waals surface area contributed by atoms with Crippen LogP contribution in [0.25, 0.3) is 11.1 Å². The molecule has 0 spiro atoms. The molecule has 2 aromatic rings. The highest BCUT2D eigenvalue weighted by molar-refractivity contribution is 9.10. The minimum absolute atomic E-state index is 0.0518. The molecule has 7 heteroatoms. The predicted octanol–water partition coefficient (Wildman–Crippen LogP) is 4.17. The monoisotopic (exact) mass is 409 g/mol. The Kier molecular flexibility index (Phi) is 3.26. The molecular formula is C14H5Br2NO4. The average molecular weight is 411 g/mol. The van der Waals surface area contributed by atoms with Gasteiger partial charge in [0.1, 0.15) is 0 Å². The molecule has 21 heavy (non-hydrogen) atoms. The van der Waals surface area contributed by atoms with Gasteiger partial charge in [0.15, 0.2) is 0 Å². The van der Waals surface area contributed by atoms with Crippen LogP contribution in [0.1, 0.15) is 20.7 Å². The van der Waals surface area contributed by atoms with Gasteiger partial charge in [-0.3, -0.25) is 19.7 Å². The number of Topliss-reactive ketones (excluding diaryl/α,β-unsaturated/α-hetero) is 2. The maximum absolute atomic E-state index is 12.2. The van der Waals surface area contributed by atoms with Gasteiger partial charge in [0.2, 0.25) is 11.6 Å². The van der Waals surface area contributed by atoms with Crippen molar-refractivity contribution in [2.75, 3.05) is 0 Å². The van der Waals surface area contributed by atoms with Crippen LogP contribution in [0.4, 0.5) is 5.69 Å². The summed E-state index contributed by atoms with van der Waals surface area (Å²) in [6, 6.07) is 7.55. The van der Waals surface area contributed by atoms with E-state index < -0.39 is 16.5 Å². The van der Waals surface area contributed by atoms with Gasteiger partial charge in [-0.15, -0.1) is 0 Å². The van der Waals surface area contributed by atoms with Crippen LogP contribution in [0.15, 0.2) is 39.3 Å². The first-order valence-corrected chi connectivity index (χ1v) is 7.35. The van der Waals surface area contributed by atoms with Crippen molar-refractivity contribution in [3.05, 3.63) is 60.5 Å². The molecule has 0 amide bonds. The van der Waals surface area contributed by atoms with Gasteiger partial charge in [-0.25, -0.2) is 0 Å². The number of fused-ring (bicyclic) bond motifs is 3. The highest BCUT2D eigenvalue weighted by Crippen LogP contribution is 2.42. The van der Waals surface area contributed by atoms with Crippen LogP contribution in [-0.4, -0.2) is 16.5 Å². The summed E-state index contributed by atoms with van der Waals surface area (Å²) in [5.74, 6) is -1.40. The van der Waals surface area contributed by atoms with E-state index >= 15 is 0 Å². The Bertz CT molecular complexity index is 845. The number of nitro groups is 1. The van der Waals surface area contributed by atoms with E-state index in [-0.39, 0.29) is 22.4 Å². The lowest BCUT2D eigenvalue weighted by Gasteiger charge is -2.18. The number of carbonyl (C=O) groups is 2. The van der Waals surface area contributed by atoms with Gasteiger partial charge in [0.05, 0.1) is 10.5 Å². The van der Waals surface area contributed by atoms with E-state index in [0.717, 1.165) is 0 Å². The van der Waals surface area contributed by atoms with E-state index in [4.69, 9.17) is 0 Å². The van der Waals surface area contributed by atoms with Crippen molar-refractivity contribution < 1.29 is 14.5 Å². The Balaban J connectivity index is 2.46. The Morgan fingerprint density at radius 2 is 1.48 bits per heavy atom. The number of nitrogens with zero attached hydrogens (tertiary/aromatic N) is 1. The van der Waals surface area contributed by atoms with E-state index in [1.54, 1.807) is 12.1 Å². The molecule has 0 saturated heterocycles. The van der Waals surface area contributed by atoms with E-state index in [0.29, 0.717) is 14.5 Å². The summed E-state index contributed by atoms with van der Waals surface area (Å²) in [5.41, 5.74) is 0.610. The van der Waals surface area contributed by atoms with E-state index in [1.807, 2.05) is 0 Å². The quantitative estimate of drug-likeness (QED) is 0.401. The van der Waals surface area contributed by atoms with Crippen molar-refractivity contribution in [1.29, 1.82) is 0 Å². The van der Waals surface area contributed by atoms with Gasteiger partial charge in [-0.2, -0.15) is 0 Å². The Morgan fingerprint density at radius 1 is 0.857 bits per heavy atom. The fourth-order valence-corrected chi connectivity index (χ4v) is 3.17. The second-order valence-electron chi connectivity index (χ2n) is 4.45. The number of benzene rings is 2. The molecular weight excluding hydrogens is 406 g/mol. The molecule has 0 N–H and O–H groups in total. The van der Waals surface area contributed by atoms with Crippen LogP contribution in [0.2, 0.25) is 0 Å². The van der Waals surface area contributed by atoms with E-state index in [1.165, 1.54) is 18.2 Å². The van der Waals surface area contributed by atoms with Gasteiger partial charge in [-0.1, -0.05) is 37.9 Å². The second-order valence-corrected chi connectivity index (χ2v) is 6.28. The molecule has 0 aromatic heterocycles. The molecule has 1 aliphatic rings. The SMILES string of the molecule is O=C1C(=O)c2cc(Br)cc([N+](=O)[O-])c2-c2ccc(Br)cc21. The zero-order valence-electron chi connectivity index (χ0n) is 10.2. The summed E-state index contributed by atoms with van der Waals surface area (Å²) in [4.78, 5) is 35.1. The van der Waals surface area contributed by atoms with E-state index in [9.17, 15) is 19.7 Å². The predicted molar refractivity (Wildman–Crippen MR) is 82.6 cm³/mol. The maximum Gasteiger partial charge on any atom is 0.279 e. The van der Waals surface area contributed by atoms with Gasteiger partial charge in [0.25, 0.3) is 5.69 Å². The van der Waals surface area contributed by atoms with Gasteiger partial charge >= 0.3 is 0 Å². The number of carbonyl (C=O) groups excluding carboxylic acids is 2. The first-order valence-electron chi connectivity index (χ1n) is 5.77. The number of ketones is 2. The van der Waals surface area contributed by atoms with Crippen LogP contribution in [0, 0.1) is 10.1 Å². The lowest BCUT2D eigenvalue weighted by atomic mass is 9.83. The van der Waals surface area contributed by atoms with Gasteiger partial charge in [-0.05, 0) is 18.2 Å². The molecule has 0 fully saturated rings. The zero-order chi connectivity index (χ0) is 15.3. The largest absolute Gasteiger partial charge is 0.285 e. The van der Waals surface area contributed by atoms with Crippen LogP contribution in [-0.2, 0) is 0 Å². The Hall–Kier alpha value is -1.86. The molecule has 0 atom stereocenters. The van der Waals surface area contributed by atoms with E-state index in [2.05, 4.69) is 31.9 Å². The van der Waals surface area contributed by atoms with Gasteiger partial charge in [0, 0.05) is 31.7 Å². The smallest absolute Gasteiger partial charge is 0.279 e. The molecule has 0 saturated carbocycles. The maximum atomic E-state index is 12.2. The first-order chi connectivity index (χ1) is 9.90. The Labute approximate surface area is 135 Å². The van der Waals surface area contributed by atoms with Crippen molar-refractivity contribution >= 4 is 49.1 Å². The molecule has 1 aliphatic carbocycles. The lowest BCUT2D eigenvalue weighted by Crippen LogP contribution is -2.22. The number of hydrogen-bond donors (Lipinski definition) is 0. The molecule has 0 bridgehead atoms. The van der Waals surface area contributed by atoms with Crippen molar-refractivity contribution in [3.8, 4) is 11.1 Å². The molecule has 0 heterocycles. The van der Waals surface area contributed by atoms with Crippen molar-refractivity contribution in [3.63, 3.8) is 0 Å². The number of nitro benzene ring substituents is 1. The van der Waals surface area contributed by atoms with Crippen LogP contribution < -0.4 is 0 Å². The summed E-state index contributed by atoms with van der Waals surface area (Å²) < 4.78 is 1.01. The van der Waals surface area contributed by atoms with Crippen LogP contribution in [0.3, 0.4) is 0 Å². The minimum atomic E-state index is -0.736. The lowest BCUT2D eigenvalue weighted by molar-refractivity contribution is -0.384. The summed E-state index contributed by atoms with van der Waals surface area (Å²) in [6.07, 6.45) is 0. The normalized spacial score (nSPS) is 12.9. The highest BCUT2D eigenvalue weighted by atomic mass is 79.9. The molecule has 2 aromatic carbocycles. The average Bonchev–Trinajstić information content (AvgIpc) is 2.44. The number of halogens is 2. The standard InChI is InChI=1S/C14H5Br2NO4/c15-6-1-2-8-9(3-6)13(18)14(19)10-4-7(16)5-11(12(8)10)17(20)21/h1-5H. The molecule has 0 aliphatic heterocycles. The third-order valence-corrected chi connectivity index (χ3v) is 4.18. The first kappa shape index (κ1) is 14.1. The minimum Gasteiger partial charge on any atom is -0.285 e. The fraction of sp³-hybridized carbons (Fsp3) is 0. The summed E-state index contributed by atoms with van der Waals surface area (Å²) >= 11 is 6.37. The third-order valence-electron chi connectivity index (χ3n) is 3.23. The zero-order valence-corrected chi connectivity index (χ0v) is 13.4. The number of rotatable bonds is 1. The molecule has 104 valence electrons.